The Hall–Kier alpha value is -2.04. The minimum Gasteiger partial charge on any atom is -0.492 e. The maximum Gasteiger partial charge on any atom is 0.244 e. The topological polar surface area (TPSA) is 58.6 Å². The molecular weight excluding hydrogens is 280 g/mol. The number of carbonyl (C=O) groups excluding carboxylic acids is 2. The quantitative estimate of drug-likeness (QED) is 0.924. The van der Waals surface area contributed by atoms with Crippen molar-refractivity contribution in [2.24, 2.45) is 0 Å². The Morgan fingerprint density at radius 1 is 1.23 bits per heavy atom. The van der Waals surface area contributed by atoms with Crippen LogP contribution in [0.2, 0.25) is 0 Å². The molecule has 5 nitrogen and oxygen atoms in total. The minimum absolute atomic E-state index is 0.0141. The van der Waals surface area contributed by atoms with Crippen LogP contribution in [0.4, 0.5) is 0 Å². The van der Waals surface area contributed by atoms with Crippen molar-refractivity contribution in [3.8, 4) is 5.75 Å². The summed E-state index contributed by atoms with van der Waals surface area (Å²) in [5, 5.41) is 2.85. The molecule has 2 aliphatic heterocycles. The molecule has 2 aliphatic rings. The largest absolute Gasteiger partial charge is 0.492 e. The molecule has 1 N–H and O–H groups in total. The van der Waals surface area contributed by atoms with Gasteiger partial charge in [-0.15, -0.1) is 0 Å². The van der Waals surface area contributed by atoms with Gasteiger partial charge in [0.25, 0.3) is 0 Å². The minimum atomic E-state index is -0.488. The number of hydrogen-bond donors (Lipinski definition) is 1. The highest BCUT2D eigenvalue weighted by molar-refractivity contribution is 5.91. The summed E-state index contributed by atoms with van der Waals surface area (Å²) in [6.07, 6.45) is 3.28. The zero-order valence-electron chi connectivity index (χ0n) is 12.9. The number of rotatable bonds is 3. The number of amides is 2. The van der Waals surface area contributed by atoms with Crippen LogP contribution < -0.4 is 10.1 Å². The molecule has 0 bridgehead atoms. The fourth-order valence-electron chi connectivity index (χ4n) is 3.14. The first-order chi connectivity index (χ1) is 10.7. The highest BCUT2D eigenvalue weighted by Gasteiger charge is 2.32. The number of likely N-dealkylation sites (tertiary alicyclic amines) is 1. The summed E-state index contributed by atoms with van der Waals surface area (Å²) in [5.74, 6) is 0.313. The van der Waals surface area contributed by atoms with Gasteiger partial charge in [0.05, 0.1) is 0 Å². The van der Waals surface area contributed by atoms with E-state index in [1.165, 1.54) is 6.42 Å². The Morgan fingerprint density at radius 2 is 1.95 bits per heavy atom. The second-order valence-electron chi connectivity index (χ2n) is 6.02. The predicted octanol–water partition coefficient (Wildman–Crippen LogP) is 1.68. The van der Waals surface area contributed by atoms with Crippen molar-refractivity contribution in [1.29, 1.82) is 0 Å². The maximum absolute atomic E-state index is 12.4. The molecule has 0 spiro atoms. The van der Waals surface area contributed by atoms with Crippen molar-refractivity contribution >= 4 is 11.8 Å². The highest BCUT2D eigenvalue weighted by Crippen LogP contribution is 2.33. The van der Waals surface area contributed by atoms with Gasteiger partial charge < -0.3 is 15.0 Å². The zero-order chi connectivity index (χ0) is 15.5. The lowest BCUT2D eigenvalue weighted by atomic mass is 10.00. The van der Waals surface area contributed by atoms with Gasteiger partial charge in [-0.05, 0) is 32.3 Å². The van der Waals surface area contributed by atoms with E-state index in [2.05, 4.69) is 5.32 Å². The normalized spacial score (nSPS) is 21.7. The molecule has 1 fully saturated rings. The zero-order valence-corrected chi connectivity index (χ0v) is 12.9. The summed E-state index contributed by atoms with van der Waals surface area (Å²) in [4.78, 5) is 26.7. The molecule has 0 unspecified atom stereocenters. The van der Waals surface area contributed by atoms with Gasteiger partial charge in [0.2, 0.25) is 11.8 Å². The number of hydrogen-bond acceptors (Lipinski definition) is 3. The van der Waals surface area contributed by atoms with E-state index >= 15 is 0 Å². The van der Waals surface area contributed by atoms with E-state index in [1.807, 2.05) is 29.2 Å². The summed E-state index contributed by atoms with van der Waals surface area (Å²) in [7, 11) is 0. The molecule has 1 aromatic rings. The van der Waals surface area contributed by atoms with Crippen LogP contribution in [0.1, 0.15) is 37.7 Å². The summed E-state index contributed by atoms with van der Waals surface area (Å²) in [6.45, 7) is 3.70. The van der Waals surface area contributed by atoms with E-state index < -0.39 is 6.04 Å². The van der Waals surface area contributed by atoms with Gasteiger partial charge in [0, 0.05) is 18.7 Å². The first-order valence-electron chi connectivity index (χ1n) is 7.97. The number of carbonyl (C=O) groups is 2. The van der Waals surface area contributed by atoms with Crippen molar-refractivity contribution < 1.29 is 14.3 Å². The third-order valence-corrected chi connectivity index (χ3v) is 4.41. The summed E-state index contributed by atoms with van der Waals surface area (Å²) < 4.78 is 5.53. The monoisotopic (exact) mass is 302 g/mol. The Bertz CT molecular complexity index is 567. The lowest BCUT2D eigenvalue weighted by Gasteiger charge is -2.29. The fraction of sp³-hybridized carbons (Fsp3) is 0.529. The molecule has 1 aromatic carbocycles. The summed E-state index contributed by atoms with van der Waals surface area (Å²) in [6, 6.07) is 7.07. The molecule has 2 atom stereocenters. The number of nitrogens with zero attached hydrogens (tertiary/aromatic N) is 1. The van der Waals surface area contributed by atoms with Gasteiger partial charge >= 0.3 is 0 Å². The number of benzene rings is 1. The van der Waals surface area contributed by atoms with Gasteiger partial charge in [-0.3, -0.25) is 9.59 Å². The second kappa shape index (κ2) is 6.38. The first-order valence-corrected chi connectivity index (χ1v) is 7.97. The Balaban J connectivity index is 1.61. The van der Waals surface area contributed by atoms with Crippen molar-refractivity contribution in [3.63, 3.8) is 0 Å². The Morgan fingerprint density at radius 3 is 2.73 bits per heavy atom. The Kier molecular flexibility index (Phi) is 4.32. The standard InChI is InChI=1S/C17H22N2O3/c1-12(17(21)19-9-5-2-6-10-19)18-16(20)14-11-22-15-8-4-3-7-13(14)15/h3-4,7-8,12,14H,2,5-6,9-11H2,1H3,(H,18,20)/t12-,14-/m0/s1. The Labute approximate surface area is 130 Å². The van der Waals surface area contributed by atoms with Crippen LogP contribution in [0.25, 0.3) is 0 Å². The van der Waals surface area contributed by atoms with Crippen LogP contribution in [0.3, 0.4) is 0 Å². The van der Waals surface area contributed by atoms with E-state index in [0.29, 0.717) is 6.61 Å². The third kappa shape index (κ3) is 2.93. The molecule has 0 aliphatic carbocycles. The van der Waals surface area contributed by atoms with E-state index in [9.17, 15) is 9.59 Å². The van der Waals surface area contributed by atoms with Crippen LogP contribution in [0.5, 0.6) is 5.75 Å². The van der Waals surface area contributed by atoms with E-state index in [4.69, 9.17) is 4.74 Å². The van der Waals surface area contributed by atoms with Crippen LogP contribution in [-0.4, -0.2) is 42.5 Å². The fourth-order valence-corrected chi connectivity index (χ4v) is 3.14. The smallest absolute Gasteiger partial charge is 0.244 e. The molecular formula is C17H22N2O3. The molecule has 2 amide bonds. The van der Waals surface area contributed by atoms with Crippen molar-refractivity contribution in [2.45, 2.75) is 38.1 Å². The van der Waals surface area contributed by atoms with Crippen LogP contribution in [-0.2, 0) is 9.59 Å². The summed E-state index contributed by atoms with van der Waals surface area (Å²) in [5.41, 5.74) is 0.901. The second-order valence-corrected chi connectivity index (χ2v) is 6.02. The predicted molar refractivity (Wildman–Crippen MR) is 82.7 cm³/mol. The molecule has 1 saturated heterocycles. The average Bonchev–Trinajstić information content (AvgIpc) is 2.99. The maximum atomic E-state index is 12.4. The van der Waals surface area contributed by atoms with Crippen molar-refractivity contribution in [2.75, 3.05) is 19.7 Å². The van der Waals surface area contributed by atoms with E-state index in [0.717, 1.165) is 37.2 Å². The number of piperidine rings is 1. The summed E-state index contributed by atoms with van der Waals surface area (Å²) >= 11 is 0. The molecule has 0 saturated carbocycles. The number of nitrogens with one attached hydrogen (secondary N) is 1. The van der Waals surface area contributed by atoms with Gasteiger partial charge in [-0.1, -0.05) is 18.2 Å². The van der Waals surface area contributed by atoms with Crippen LogP contribution >= 0.6 is 0 Å². The molecule has 0 radical (unpaired) electrons. The van der Waals surface area contributed by atoms with Gasteiger partial charge in [-0.25, -0.2) is 0 Å². The molecule has 118 valence electrons. The number of ether oxygens (including phenoxy) is 1. The molecule has 22 heavy (non-hydrogen) atoms. The van der Waals surface area contributed by atoms with E-state index in [-0.39, 0.29) is 17.7 Å². The van der Waals surface area contributed by atoms with Gasteiger partial charge in [-0.2, -0.15) is 0 Å². The molecule has 3 rings (SSSR count). The first kappa shape index (κ1) is 14.9. The molecule has 0 aromatic heterocycles. The van der Waals surface area contributed by atoms with Gasteiger partial charge in [0.15, 0.2) is 0 Å². The number of para-hydroxylation sites is 1. The molecule has 2 heterocycles. The molecule has 5 heteroatoms. The van der Waals surface area contributed by atoms with E-state index in [1.54, 1.807) is 6.92 Å². The SMILES string of the molecule is C[C@H](NC(=O)[C@H]1COc2ccccc21)C(=O)N1CCCCC1. The average molecular weight is 302 g/mol. The lowest BCUT2D eigenvalue weighted by Crippen LogP contribution is -2.49. The highest BCUT2D eigenvalue weighted by atomic mass is 16.5. The third-order valence-electron chi connectivity index (χ3n) is 4.41. The van der Waals surface area contributed by atoms with Crippen LogP contribution in [0, 0.1) is 0 Å². The number of fused-ring (bicyclic) bond motifs is 1. The lowest BCUT2D eigenvalue weighted by molar-refractivity contribution is -0.137. The van der Waals surface area contributed by atoms with Crippen molar-refractivity contribution in [3.05, 3.63) is 29.8 Å². The van der Waals surface area contributed by atoms with Crippen molar-refractivity contribution in [1.82, 2.24) is 10.2 Å². The van der Waals surface area contributed by atoms with Gasteiger partial charge in [0.1, 0.15) is 24.3 Å². The van der Waals surface area contributed by atoms with Crippen LogP contribution in [0.15, 0.2) is 24.3 Å².